The molecule has 0 aliphatic carbocycles. The van der Waals surface area contributed by atoms with Crippen LogP contribution in [-0.2, 0) is 23.8 Å². The van der Waals surface area contributed by atoms with E-state index in [4.69, 9.17) is 14.2 Å². The Balaban J connectivity index is 4.25. The molecule has 5 heteroatoms. The van der Waals surface area contributed by atoms with E-state index < -0.39 is 6.10 Å². The van der Waals surface area contributed by atoms with Crippen LogP contribution in [0.4, 0.5) is 0 Å². The highest BCUT2D eigenvalue weighted by molar-refractivity contribution is 5.70. The van der Waals surface area contributed by atoms with Gasteiger partial charge in [-0.25, -0.2) is 0 Å². The average molecular weight is 813 g/mol. The SMILES string of the molecule is CCC/C=C\C/C=C\CCCCCCCC(=O)OC(COCCCCCCCCCCCCCC)COC(=O)CCCCCCCCC/C=C\C/C=C\CCCCC. The van der Waals surface area contributed by atoms with E-state index in [0.717, 1.165) is 70.6 Å². The Bertz CT molecular complexity index is 966. The van der Waals surface area contributed by atoms with Crippen LogP contribution in [0.25, 0.3) is 0 Å². The predicted octanol–water partition coefficient (Wildman–Crippen LogP) is 16.8. The number of unbranched alkanes of at least 4 members (excludes halogenated alkanes) is 27. The van der Waals surface area contributed by atoms with Crippen molar-refractivity contribution in [3.63, 3.8) is 0 Å². The lowest BCUT2D eigenvalue weighted by molar-refractivity contribution is -0.163. The third kappa shape index (κ3) is 46.5. The van der Waals surface area contributed by atoms with Gasteiger partial charge in [-0.1, -0.05) is 211 Å². The van der Waals surface area contributed by atoms with E-state index in [-0.39, 0.29) is 25.2 Å². The molecule has 1 unspecified atom stereocenters. The van der Waals surface area contributed by atoms with Crippen molar-refractivity contribution in [2.45, 2.75) is 258 Å². The highest BCUT2D eigenvalue weighted by Gasteiger charge is 2.17. The van der Waals surface area contributed by atoms with Crippen LogP contribution < -0.4 is 0 Å². The minimum absolute atomic E-state index is 0.0780. The number of allylic oxidation sites excluding steroid dienone is 8. The minimum Gasteiger partial charge on any atom is -0.462 e. The quantitative estimate of drug-likeness (QED) is 0.0348. The Morgan fingerprint density at radius 2 is 0.759 bits per heavy atom. The number of esters is 2. The lowest BCUT2D eigenvalue weighted by Crippen LogP contribution is -2.30. The van der Waals surface area contributed by atoms with Crippen molar-refractivity contribution >= 4 is 11.9 Å². The van der Waals surface area contributed by atoms with E-state index in [1.165, 1.54) is 148 Å². The van der Waals surface area contributed by atoms with Crippen LogP contribution in [0.2, 0.25) is 0 Å². The first-order chi connectivity index (χ1) is 28.6. The molecule has 0 rings (SSSR count). The van der Waals surface area contributed by atoms with Gasteiger partial charge in [-0.2, -0.15) is 0 Å². The fourth-order valence-electron chi connectivity index (χ4n) is 7.05. The molecule has 0 amide bonds. The smallest absolute Gasteiger partial charge is 0.306 e. The van der Waals surface area contributed by atoms with Crippen molar-refractivity contribution < 1.29 is 23.8 Å². The van der Waals surface area contributed by atoms with Gasteiger partial charge >= 0.3 is 11.9 Å². The zero-order valence-corrected chi connectivity index (χ0v) is 38.8. The molecule has 0 radical (unpaired) electrons. The average Bonchev–Trinajstić information content (AvgIpc) is 3.22. The molecule has 0 aromatic rings. The van der Waals surface area contributed by atoms with Crippen molar-refractivity contribution in [2.75, 3.05) is 19.8 Å². The molecule has 58 heavy (non-hydrogen) atoms. The van der Waals surface area contributed by atoms with Gasteiger partial charge in [-0.05, 0) is 77.0 Å². The minimum atomic E-state index is -0.542. The largest absolute Gasteiger partial charge is 0.462 e. The molecule has 0 N–H and O–H groups in total. The van der Waals surface area contributed by atoms with Crippen molar-refractivity contribution in [1.82, 2.24) is 0 Å². The van der Waals surface area contributed by atoms with Crippen LogP contribution >= 0.6 is 0 Å². The van der Waals surface area contributed by atoms with Crippen LogP contribution in [-0.4, -0.2) is 37.9 Å². The topological polar surface area (TPSA) is 61.8 Å². The third-order valence-corrected chi connectivity index (χ3v) is 10.8. The fourth-order valence-corrected chi connectivity index (χ4v) is 7.05. The highest BCUT2D eigenvalue weighted by Crippen LogP contribution is 2.14. The number of ether oxygens (including phenoxy) is 3. The molecule has 338 valence electrons. The van der Waals surface area contributed by atoms with Gasteiger partial charge in [0.15, 0.2) is 6.10 Å². The van der Waals surface area contributed by atoms with Gasteiger partial charge in [0, 0.05) is 19.4 Å². The monoisotopic (exact) mass is 813 g/mol. The normalized spacial score (nSPS) is 12.5. The maximum absolute atomic E-state index is 12.8. The summed E-state index contributed by atoms with van der Waals surface area (Å²) in [6.07, 6.45) is 59.6. The molecule has 0 saturated carbocycles. The molecule has 0 aromatic heterocycles. The van der Waals surface area contributed by atoms with Crippen molar-refractivity contribution in [3.05, 3.63) is 48.6 Å². The second-order valence-electron chi connectivity index (χ2n) is 16.7. The maximum atomic E-state index is 12.8. The molecule has 0 aromatic carbocycles. The second kappa shape index (κ2) is 49.2. The van der Waals surface area contributed by atoms with Crippen LogP contribution in [0.15, 0.2) is 48.6 Å². The van der Waals surface area contributed by atoms with Crippen LogP contribution in [0.5, 0.6) is 0 Å². The summed E-state index contributed by atoms with van der Waals surface area (Å²) >= 11 is 0. The summed E-state index contributed by atoms with van der Waals surface area (Å²) in [5.41, 5.74) is 0. The van der Waals surface area contributed by atoms with Crippen LogP contribution in [0.3, 0.4) is 0 Å². The number of hydrogen-bond donors (Lipinski definition) is 0. The molecule has 0 fully saturated rings. The molecular weight excluding hydrogens is 717 g/mol. The summed E-state index contributed by atoms with van der Waals surface area (Å²) in [6, 6.07) is 0. The van der Waals surface area contributed by atoms with Gasteiger partial charge in [0.1, 0.15) is 6.61 Å². The first-order valence-electron chi connectivity index (χ1n) is 25.2. The summed E-state index contributed by atoms with van der Waals surface area (Å²) in [7, 11) is 0. The second-order valence-corrected chi connectivity index (χ2v) is 16.7. The van der Waals surface area contributed by atoms with E-state index in [2.05, 4.69) is 69.4 Å². The summed E-state index contributed by atoms with van der Waals surface area (Å²) < 4.78 is 17.4. The van der Waals surface area contributed by atoms with E-state index in [1.807, 2.05) is 0 Å². The molecule has 0 bridgehead atoms. The summed E-state index contributed by atoms with van der Waals surface area (Å²) in [6.45, 7) is 7.74. The fraction of sp³-hybridized carbons (Fsp3) is 0.811. The zero-order chi connectivity index (χ0) is 42.1. The van der Waals surface area contributed by atoms with Crippen LogP contribution in [0.1, 0.15) is 252 Å². The summed E-state index contributed by atoms with van der Waals surface area (Å²) in [4.78, 5) is 25.3. The molecule has 0 heterocycles. The first kappa shape index (κ1) is 55.9. The molecule has 0 aliphatic heterocycles. The Hall–Kier alpha value is -2.14. The van der Waals surface area contributed by atoms with Crippen molar-refractivity contribution in [1.29, 1.82) is 0 Å². The lowest BCUT2D eigenvalue weighted by atomic mass is 10.1. The van der Waals surface area contributed by atoms with E-state index in [9.17, 15) is 9.59 Å². The zero-order valence-electron chi connectivity index (χ0n) is 38.8. The predicted molar refractivity (Wildman–Crippen MR) is 251 cm³/mol. The standard InChI is InChI=1S/C53H96O5/c1-4-7-10-13-16-19-22-25-26-27-28-30-31-34-37-40-43-46-52(54)57-50-51(49-56-48-45-42-39-36-33-24-21-18-15-12-9-6-3)58-53(55)47-44-41-38-35-32-29-23-20-17-14-11-8-5-2/h11,14,16,19-20,23,25-26,51H,4-10,12-13,15,17-18,21-22,24,27-50H2,1-3H3/b14-11-,19-16-,23-20-,26-25-. The van der Waals surface area contributed by atoms with E-state index >= 15 is 0 Å². The highest BCUT2D eigenvalue weighted by atomic mass is 16.6. The number of carbonyl (C=O) groups is 2. The maximum Gasteiger partial charge on any atom is 0.306 e. The van der Waals surface area contributed by atoms with E-state index in [0.29, 0.717) is 19.4 Å². The Morgan fingerprint density at radius 3 is 1.24 bits per heavy atom. The molecule has 0 spiro atoms. The molecule has 0 aliphatic rings. The Morgan fingerprint density at radius 1 is 0.379 bits per heavy atom. The van der Waals surface area contributed by atoms with Gasteiger partial charge in [-0.3, -0.25) is 9.59 Å². The Labute approximate surface area is 361 Å². The van der Waals surface area contributed by atoms with Gasteiger partial charge in [0.05, 0.1) is 6.61 Å². The summed E-state index contributed by atoms with van der Waals surface area (Å²) in [5, 5.41) is 0. The Kier molecular flexibility index (Phi) is 47.4. The number of hydrogen-bond acceptors (Lipinski definition) is 5. The van der Waals surface area contributed by atoms with Gasteiger partial charge in [0.2, 0.25) is 0 Å². The van der Waals surface area contributed by atoms with Crippen LogP contribution in [0, 0.1) is 0 Å². The van der Waals surface area contributed by atoms with Gasteiger partial charge < -0.3 is 14.2 Å². The van der Waals surface area contributed by atoms with Gasteiger partial charge in [-0.15, -0.1) is 0 Å². The van der Waals surface area contributed by atoms with Crippen molar-refractivity contribution in [3.8, 4) is 0 Å². The molecule has 1 atom stereocenters. The van der Waals surface area contributed by atoms with Crippen molar-refractivity contribution in [2.24, 2.45) is 0 Å². The lowest BCUT2D eigenvalue weighted by Gasteiger charge is -2.18. The molecular formula is C53H96O5. The number of rotatable bonds is 46. The summed E-state index contributed by atoms with van der Waals surface area (Å²) in [5.74, 6) is -0.414. The first-order valence-corrected chi connectivity index (χ1v) is 25.2. The number of carbonyl (C=O) groups excluding carboxylic acids is 2. The molecule has 5 nitrogen and oxygen atoms in total. The van der Waals surface area contributed by atoms with Gasteiger partial charge in [0.25, 0.3) is 0 Å². The molecule has 0 saturated heterocycles. The van der Waals surface area contributed by atoms with E-state index in [1.54, 1.807) is 0 Å². The third-order valence-electron chi connectivity index (χ3n) is 10.8.